The smallest absolute Gasteiger partial charge is 0.00796 e. The van der Waals surface area contributed by atoms with Gasteiger partial charge in [-0.1, -0.05) is 73.4 Å². The molecule has 0 heteroatoms. The molecule has 0 aliphatic heterocycles. The van der Waals surface area contributed by atoms with Gasteiger partial charge in [0.25, 0.3) is 0 Å². The van der Waals surface area contributed by atoms with Crippen LogP contribution in [0.2, 0.25) is 0 Å². The van der Waals surface area contributed by atoms with E-state index in [0.717, 1.165) is 5.92 Å². The van der Waals surface area contributed by atoms with Gasteiger partial charge in [-0.05, 0) is 37.2 Å². The molecular weight excluding hydrogens is 228 g/mol. The molecule has 0 spiro atoms. The van der Waals surface area contributed by atoms with Crippen molar-refractivity contribution >= 4 is 0 Å². The van der Waals surface area contributed by atoms with Crippen molar-refractivity contribution in [1.29, 1.82) is 0 Å². The van der Waals surface area contributed by atoms with Crippen LogP contribution in [0.15, 0.2) is 54.1 Å². The largest absolute Gasteiger partial charge is 0.0842 e. The highest BCUT2D eigenvalue weighted by Gasteiger charge is 2.27. The van der Waals surface area contributed by atoms with Crippen LogP contribution in [0.5, 0.6) is 0 Å². The lowest BCUT2D eigenvalue weighted by atomic mass is 9.72. The van der Waals surface area contributed by atoms with Crippen LogP contribution in [0, 0.1) is 5.92 Å². The highest BCUT2D eigenvalue weighted by atomic mass is 14.3. The van der Waals surface area contributed by atoms with Gasteiger partial charge < -0.3 is 0 Å². The molecule has 0 N–H and O–H groups in total. The number of hydrogen-bond acceptors (Lipinski definition) is 0. The molecule has 19 heavy (non-hydrogen) atoms. The molecule has 1 atom stereocenters. The summed E-state index contributed by atoms with van der Waals surface area (Å²) in [4.78, 5) is 0. The van der Waals surface area contributed by atoms with Gasteiger partial charge in [0.2, 0.25) is 0 Å². The average Bonchev–Trinajstić information content (AvgIpc) is 2.51. The minimum absolute atomic E-state index is 0.673. The second kappa shape index (κ2) is 6.23. The lowest BCUT2D eigenvalue weighted by molar-refractivity contribution is 0.321. The first-order valence-corrected chi connectivity index (χ1v) is 7.86. The van der Waals surface area contributed by atoms with Crippen LogP contribution in [0.1, 0.15) is 56.4 Å². The Labute approximate surface area is 117 Å². The van der Waals surface area contributed by atoms with Gasteiger partial charge in [0.1, 0.15) is 0 Å². The van der Waals surface area contributed by atoms with E-state index in [9.17, 15) is 0 Å². The maximum absolute atomic E-state index is 2.38. The van der Waals surface area contributed by atoms with Crippen LogP contribution in [0.4, 0.5) is 0 Å². The lowest BCUT2D eigenvalue weighted by Gasteiger charge is -2.33. The van der Waals surface area contributed by atoms with Gasteiger partial charge in [-0.25, -0.2) is 0 Å². The van der Waals surface area contributed by atoms with Crippen LogP contribution in [-0.4, -0.2) is 0 Å². The predicted molar refractivity (Wildman–Crippen MR) is 82.2 cm³/mol. The standard InChI is InChI=1S/C19H24/c1-4-10-16(11-5-1)19(17-12-6-2-7-13-17)18-14-8-3-9-15-18/h1-2,4-6,10-12,18-19H,3,7-9,13-15H2. The topological polar surface area (TPSA) is 0 Å². The molecule has 0 amide bonds. The first-order valence-electron chi connectivity index (χ1n) is 7.86. The summed E-state index contributed by atoms with van der Waals surface area (Å²) in [7, 11) is 0. The maximum atomic E-state index is 2.38. The Kier molecular flexibility index (Phi) is 4.17. The summed E-state index contributed by atoms with van der Waals surface area (Å²) < 4.78 is 0. The van der Waals surface area contributed by atoms with Crippen molar-refractivity contribution in [2.24, 2.45) is 5.92 Å². The molecule has 0 radical (unpaired) electrons. The summed E-state index contributed by atoms with van der Waals surface area (Å²) in [5, 5.41) is 0. The van der Waals surface area contributed by atoms with E-state index in [4.69, 9.17) is 0 Å². The van der Waals surface area contributed by atoms with Gasteiger partial charge in [-0.15, -0.1) is 0 Å². The zero-order valence-corrected chi connectivity index (χ0v) is 11.7. The maximum Gasteiger partial charge on any atom is 0.00796 e. The summed E-state index contributed by atoms with van der Waals surface area (Å²) in [6.45, 7) is 0. The molecule has 0 nitrogen and oxygen atoms in total. The van der Waals surface area contributed by atoms with Crippen LogP contribution >= 0.6 is 0 Å². The highest BCUT2D eigenvalue weighted by molar-refractivity contribution is 5.33. The van der Waals surface area contributed by atoms with E-state index in [1.54, 1.807) is 5.57 Å². The SMILES string of the molecule is C1=CCCC(C(c2ccccc2)C2CCCCC2)=C1. The molecule has 1 aromatic carbocycles. The van der Waals surface area contributed by atoms with Crippen LogP contribution < -0.4 is 0 Å². The second-order valence-corrected chi connectivity index (χ2v) is 5.99. The van der Waals surface area contributed by atoms with Crippen molar-refractivity contribution in [3.63, 3.8) is 0 Å². The summed E-state index contributed by atoms with van der Waals surface area (Å²) >= 11 is 0. The molecule has 1 saturated carbocycles. The first kappa shape index (κ1) is 12.7. The second-order valence-electron chi connectivity index (χ2n) is 5.99. The van der Waals surface area contributed by atoms with Crippen molar-refractivity contribution in [2.75, 3.05) is 0 Å². The number of benzene rings is 1. The van der Waals surface area contributed by atoms with E-state index in [1.807, 2.05) is 0 Å². The summed E-state index contributed by atoms with van der Waals surface area (Å²) in [5.41, 5.74) is 3.21. The molecule has 100 valence electrons. The van der Waals surface area contributed by atoms with E-state index in [0.29, 0.717) is 5.92 Å². The minimum atomic E-state index is 0.673. The van der Waals surface area contributed by atoms with Gasteiger partial charge in [0.05, 0.1) is 0 Å². The average molecular weight is 252 g/mol. The molecule has 3 rings (SSSR count). The van der Waals surface area contributed by atoms with Crippen LogP contribution in [0.25, 0.3) is 0 Å². The quantitative estimate of drug-likeness (QED) is 0.654. The predicted octanol–water partition coefficient (Wildman–Crippen LogP) is 5.63. The molecule has 0 aromatic heterocycles. The molecule has 1 aromatic rings. The third-order valence-corrected chi connectivity index (χ3v) is 4.73. The molecule has 1 fully saturated rings. The molecule has 0 saturated heterocycles. The highest BCUT2D eigenvalue weighted by Crippen LogP contribution is 2.42. The van der Waals surface area contributed by atoms with Gasteiger partial charge in [-0.2, -0.15) is 0 Å². The minimum Gasteiger partial charge on any atom is -0.0842 e. The lowest BCUT2D eigenvalue weighted by Crippen LogP contribution is -2.19. The van der Waals surface area contributed by atoms with E-state index in [1.165, 1.54) is 50.5 Å². The molecule has 0 heterocycles. The number of allylic oxidation sites excluding steroid dienone is 4. The monoisotopic (exact) mass is 252 g/mol. The van der Waals surface area contributed by atoms with Crippen molar-refractivity contribution in [3.8, 4) is 0 Å². The zero-order valence-electron chi connectivity index (χ0n) is 11.7. The molecule has 2 aliphatic carbocycles. The van der Waals surface area contributed by atoms with E-state index >= 15 is 0 Å². The Hall–Kier alpha value is -1.30. The Morgan fingerprint density at radius 2 is 1.74 bits per heavy atom. The number of rotatable bonds is 3. The Morgan fingerprint density at radius 1 is 0.947 bits per heavy atom. The van der Waals surface area contributed by atoms with Crippen molar-refractivity contribution in [3.05, 3.63) is 59.7 Å². The fourth-order valence-electron chi connectivity index (χ4n) is 3.80. The third-order valence-electron chi connectivity index (χ3n) is 4.73. The molecule has 2 aliphatic rings. The van der Waals surface area contributed by atoms with E-state index in [-0.39, 0.29) is 0 Å². The van der Waals surface area contributed by atoms with Crippen molar-refractivity contribution < 1.29 is 0 Å². The van der Waals surface area contributed by atoms with E-state index in [2.05, 4.69) is 48.6 Å². The summed E-state index contributed by atoms with van der Waals surface area (Å²) in [5.74, 6) is 1.54. The van der Waals surface area contributed by atoms with Crippen molar-refractivity contribution in [2.45, 2.75) is 50.9 Å². The summed E-state index contributed by atoms with van der Waals surface area (Å²) in [6, 6.07) is 11.2. The Balaban J connectivity index is 1.90. The van der Waals surface area contributed by atoms with Gasteiger partial charge in [0, 0.05) is 5.92 Å². The van der Waals surface area contributed by atoms with E-state index < -0.39 is 0 Å². The molecule has 0 bridgehead atoms. The third kappa shape index (κ3) is 3.00. The first-order chi connectivity index (χ1) is 9.45. The fourth-order valence-corrected chi connectivity index (χ4v) is 3.80. The van der Waals surface area contributed by atoms with Crippen molar-refractivity contribution in [1.82, 2.24) is 0 Å². The fraction of sp³-hybridized carbons (Fsp3) is 0.474. The number of hydrogen-bond donors (Lipinski definition) is 0. The van der Waals surface area contributed by atoms with Gasteiger partial charge in [0.15, 0.2) is 0 Å². The normalized spacial score (nSPS) is 22.0. The Morgan fingerprint density at radius 3 is 2.42 bits per heavy atom. The van der Waals surface area contributed by atoms with Gasteiger partial charge in [-0.3, -0.25) is 0 Å². The molecular formula is C19H24. The zero-order chi connectivity index (χ0) is 12.9. The van der Waals surface area contributed by atoms with Gasteiger partial charge >= 0.3 is 0 Å². The molecule has 1 unspecified atom stereocenters. The van der Waals surface area contributed by atoms with Crippen LogP contribution in [-0.2, 0) is 0 Å². The van der Waals surface area contributed by atoms with Crippen LogP contribution in [0.3, 0.4) is 0 Å². The Bertz CT molecular complexity index is 446. The summed E-state index contributed by atoms with van der Waals surface area (Å²) in [6.07, 6.45) is 16.6.